The molecule has 0 spiro atoms. The number of nitriles is 1. The zero-order valence-corrected chi connectivity index (χ0v) is 12.5. The summed E-state index contributed by atoms with van der Waals surface area (Å²) in [5, 5.41) is 10.1. The van der Waals surface area contributed by atoms with E-state index in [1.165, 1.54) is 37.7 Å². The van der Waals surface area contributed by atoms with Crippen LogP contribution in [-0.2, 0) is 4.74 Å². The lowest BCUT2D eigenvalue weighted by molar-refractivity contribution is 0.0607. The van der Waals surface area contributed by atoms with Crippen molar-refractivity contribution in [1.29, 1.82) is 5.26 Å². The second kappa shape index (κ2) is 6.62. The predicted octanol–water partition coefficient (Wildman–Crippen LogP) is 2.76. The van der Waals surface area contributed by atoms with Crippen molar-refractivity contribution in [3.63, 3.8) is 0 Å². The number of nitrogen functional groups attached to an aromatic ring is 1. The Balaban J connectivity index is 2.34. The van der Waals surface area contributed by atoms with Crippen molar-refractivity contribution in [2.24, 2.45) is 0 Å². The second-order valence-corrected chi connectivity index (χ2v) is 5.88. The first kappa shape index (κ1) is 14.7. The SMILES string of the molecule is COC(=O)c1sc(N2CCCCCCC2)c(C#N)c1N. The Morgan fingerprint density at radius 1 is 1.30 bits per heavy atom. The lowest BCUT2D eigenvalue weighted by atomic mass is 10.1. The first-order valence-corrected chi connectivity index (χ1v) is 7.66. The number of thiophene rings is 1. The van der Waals surface area contributed by atoms with Crippen molar-refractivity contribution in [3.8, 4) is 6.07 Å². The Labute approximate surface area is 122 Å². The van der Waals surface area contributed by atoms with Gasteiger partial charge in [-0.1, -0.05) is 19.3 Å². The number of carbonyl (C=O) groups is 1. The maximum Gasteiger partial charge on any atom is 0.350 e. The van der Waals surface area contributed by atoms with E-state index in [1.54, 1.807) is 0 Å². The van der Waals surface area contributed by atoms with E-state index in [4.69, 9.17) is 10.5 Å². The molecule has 20 heavy (non-hydrogen) atoms. The lowest BCUT2D eigenvalue weighted by Crippen LogP contribution is -2.26. The van der Waals surface area contributed by atoms with Gasteiger partial charge in [-0.2, -0.15) is 5.26 Å². The van der Waals surface area contributed by atoms with Crippen LogP contribution < -0.4 is 10.6 Å². The minimum absolute atomic E-state index is 0.251. The molecule has 0 unspecified atom stereocenters. The first-order valence-electron chi connectivity index (χ1n) is 6.84. The van der Waals surface area contributed by atoms with E-state index in [1.807, 2.05) is 0 Å². The molecule has 0 bridgehead atoms. The monoisotopic (exact) mass is 293 g/mol. The number of esters is 1. The Bertz CT molecular complexity index is 525. The molecule has 0 aliphatic carbocycles. The van der Waals surface area contributed by atoms with Gasteiger partial charge in [0.25, 0.3) is 0 Å². The summed E-state index contributed by atoms with van der Waals surface area (Å²) in [7, 11) is 1.32. The number of rotatable bonds is 2. The number of anilines is 2. The maximum absolute atomic E-state index is 11.7. The highest BCUT2D eigenvalue weighted by atomic mass is 32.1. The van der Waals surface area contributed by atoms with Crippen LogP contribution >= 0.6 is 11.3 Å². The van der Waals surface area contributed by atoms with Crippen LogP contribution in [0.3, 0.4) is 0 Å². The van der Waals surface area contributed by atoms with Gasteiger partial charge in [-0.15, -0.1) is 11.3 Å². The second-order valence-electron chi connectivity index (χ2n) is 4.88. The van der Waals surface area contributed by atoms with Crippen LogP contribution in [0.5, 0.6) is 0 Å². The average molecular weight is 293 g/mol. The average Bonchev–Trinajstić information content (AvgIpc) is 2.74. The predicted molar refractivity (Wildman–Crippen MR) is 80.1 cm³/mol. The molecule has 1 aromatic heterocycles. The highest BCUT2D eigenvalue weighted by molar-refractivity contribution is 7.18. The minimum atomic E-state index is -0.470. The highest BCUT2D eigenvalue weighted by Gasteiger charge is 2.25. The summed E-state index contributed by atoms with van der Waals surface area (Å²) in [5.41, 5.74) is 6.59. The topological polar surface area (TPSA) is 79.3 Å². The molecule has 6 heteroatoms. The number of hydrogen-bond acceptors (Lipinski definition) is 6. The first-order chi connectivity index (χ1) is 9.69. The smallest absolute Gasteiger partial charge is 0.350 e. The van der Waals surface area contributed by atoms with Gasteiger partial charge >= 0.3 is 5.97 Å². The van der Waals surface area contributed by atoms with E-state index < -0.39 is 5.97 Å². The molecule has 0 amide bonds. The molecule has 2 heterocycles. The standard InChI is InChI=1S/C14H19N3O2S/c1-19-14(18)12-11(16)10(9-15)13(20-12)17-7-5-3-2-4-6-8-17/h2-8,16H2,1H3. The number of nitrogens with two attached hydrogens (primary N) is 1. The van der Waals surface area contributed by atoms with Crippen LogP contribution in [0.25, 0.3) is 0 Å². The molecule has 1 aliphatic rings. The van der Waals surface area contributed by atoms with E-state index in [0.717, 1.165) is 30.9 Å². The van der Waals surface area contributed by atoms with Crippen LogP contribution in [0.1, 0.15) is 47.3 Å². The summed E-state index contributed by atoms with van der Waals surface area (Å²) in [6.07, 6.45) is 5.91. The van der Waals surface area contributed by atoms with Crippen molar-refractivity contribution < 1.29 is 9.53 Å². The zero-order valence-electron chi connectivity index (χ0n) is 11.6. The van der Waals surface area contributed by atoms with Crippen molar-refractivity contribution in [2.75, 3.05) is 30.8 Å². The third-order valence-corrected chi connectivity index (χ3v) is 4.80. The molecule has 0 aromatic carbocycles. The number of carbonyl (C=O) groups excluding carboxylic acids is 1. The van der Waals surface area contributed by atoms with Gasteiger partial charge in [0.1, 0.15) is 21.5 Å². The lowest BCUT2D eigenvalue weighted by Gasteiger charge is -2.25. The molecule has 0 atom stereocenters. The van der Waals surface area contributed by atoms with Gasteiger partial charge in [-0.3, -0.25) is 0 Å². The summed E-state index contributed by atoms with van der Waals surface area (Å²) in [6.45, 7) is 1.82. The Morgan fingerprint density at radius 2 is 1.90 bits per heavy atom. The van der Waals surface area contributed by atoms with Gasteiger partial charge < -0.3 is 15.4 Å². The molecule has 1 aliphatic heterocycles. The maximum atomic E-state index is 11.7. The summed E-state index contributed by atoms with van der Waals surface area (Å²) in [4.78, 5) is 14.2. The van der Waals surface area contributed by atoms with Gasteiger partial charge in [-0.25, -0.2) is 4.79 Å². The largest absolute Gasteiger partial charge is 0.465 e. The fourth-order valence-corrected chi connectivity index (χ4v) is 3.60. The molecule has 108 valence electrons. The van der Waals surface area contributed by atoms with E-state index in [0.29, 0.717) is 10.4 Å². The van der Waals surface area contributed by atoms with E-state index in [-0.39, 0.29) is 5.69 Å². The fraction of sp³-hybridized carbons (Fsp3) is 0.571. The van der Waals surface area contributed by atoms with Crippen molar-refractivity contribution >= 4 is 28.0 Å². The fourth-order valence-electron chi connectivity index (χ4n) is 2.46. The molecule has 5 nitrogen and oxygen atoms in total. The van der Waals surface area contributed by atoms with Gasteiger partial charge in [0.05, 0.1) is 12.8 Å². The zero-order chi connectivity index (χ0) is 14.5. The van der Waals surface area contributed by atoms with Crippen LogP contribution in [0.15, 0.2) is 0 Å². The molecular formula is C14H19N3O2S. The van der Waals surface area contributed by atoms with Gasteiger partial charge in [0, 0.05) is 13.1 Å². The molecule has 1 fully saturated rings. The molecule has 2 rings (SSSR count). The Kier molecular flexibility index (Phi) is 4.85. The summed E-state index contributed by atoms with van der Waals surface area (Å²) >= 11 is 1.27. The summed E-state index contributed by atoms with van der Waals surface area (Å²) in [5.74, 6) is -0.470. The van der Waals surface area contributed by atoms with Crippen LogP contribution in [0, 0.1) is 11.3 Å². The van der Waals surface area contributed by atoms with Crippen LogP contribution in [-0.4, -0.2) is 26.2 Å². The van der Waals surface area contributed by atoms with Crippen molar-refractivity contribution in [1.82, 2.24) is 0 Å². The number of hydrogen-bond donors (Lipinski definition) is 1. The normalized spacial score (nSPS) is 16.1. The third kappa shape index (κ3) is 2.88. The molecule has 1 aromatic rings. The van der Waals surface area contributed by atoms with E-state index >= 15 is 0 Å². The molecule has 0 saturated carbocycles. The van der Waals surface area contributed by atoms with Gasteiger partial charge in [0.2, 0.25) is 0 Å². The Hall–Kier alpha value is -1.74. The van der Waals surface area contributed by atoms with Crippen molar-refractivity contribution in [3.05, 3.63) is 10.4 Å². The number of nitrogens with zero attached hydrogens (tertiary/aromatic N) is 2. The van der Waals surface area contributed by atoms with E-state index in [2.05, 4.69) is 11.0 Å². The van der Waals surface area contributed by atoms with Gasteiger partial charge in [-0.05, 0) is 12.8 Å². The van der Waals surface area contributed by atoms with Crippen LogP contribution in [0.2, 0.25) is 0 Å². The van der Waals surface area contributed by atoms with Crippen molar-refractivity contribution in [2.45, 2.75) is 32.1 Å². The Morgan fingerprint density at radius 3 is 2.45 bits per heavy atom. The summed E-state index contributed by atoms with van der Waals surface area (Å²) in [6, 6.07) is 2.13. The number of ether oxygens (including phenoxy) is 1. The number of methoxy groups -OCH3 is 1. The molecule has 1 saturated heterocycles. The van der Waals surface area contributed by atoms with Crippen LogP contribution in [0.4, 0.5) is 10.7 Å². The van der Waals surface area contributed by atoms with Gasteiger partial charge in [0.15, 0.2) is 0 Å². The third-order valence-electron chi connectivity index (χ3n) is 3.55. The quantitative estimate of drug-likeness (QED) is 0.848. The minimum Gasteiger partial charge on any atom is -0.465 e. The van der Waals surface area contributed by atoms with E-state index in [9.17, 15) is 10.1 Å². The molecular weight excluding hydrogens is 274 g/mol. The highest BCUT2D eigenvalue weighted by Crippen LogP contribution is 2.38. The molecule has 2 N–H and O–H groups in total. The molecule has 0 radical (unpaired) electrons. The summed E-state index contributed by atoms with van der Waals surface area (Å²) < 4.78 is 4.73.